The predicted octanol–water partition coefficient (Wildman–Crippen LogP) is 0.537. The van der Waals surface area contributed by atoms with Gasteiger partial charge in [-0.1, -0.05) is 6.92 Å². The summed E-state index contributed by atoms with van der Waals surface area (Å²) in [6.07, 6.45) is 2.06. The van der Waals surface area contributed by atoms with Gasteiger partial charge in [0.1, 0.15) is 11.9 Å². The number of nitrogens with two attached hydrogens (primary N) is 1. The largest absolute Gasteiger partial charge is 0.393 e. The normalized spacial score (nSPS) is 12.4. The van der Waals surface area contributed by atoms with Gasteiger partial charge >= 0.3 is 0 Å². The van der Waals surface area contributed by atoms with E-state index in [1.165, 1.54) is 6.20 Å². The van der Waals surface area contributed by atoms with Gasteiger partial charge in [0.25, 0.3) is 5.56 Å². The third-order valence-electron chi connectivity index (χ3n) is 1.74. The van der Waals surface area contributed by atoms with Crippen LogP contribution in [0.3, 0.4) is 0 Å². The first-order valence-corrected chi connectivity index (χ1v) is 4.86. The van der Waals surface area contributed by atoms with Gasteiger partial charge in [0.2, 0.25) is 5.95 Å². The number of hydrogen-bond donors (Lipinski definition) is 3. The summed E-state index contributed by atoms with van der Waals surface area (Å²) < 4.78 is 5.36. The molecule has 0 spiro atoms. The molecule has 0 amide bonds. The fourth-order valence-electron chi connectivity index (χ4n) is 1.01. The Morgan fingerprint density at radius 1 is 1.73 bits per heavy atom. The third-order valence-corrected chi connectivity index (χ3v) is 1.74. The lowest BCUT2D eigenvalue weighted by atomic mass is 10.5. The van der Waals surface area contributed by atoms with Crippen molar-refractivity contribution in [1.29, 1.82) is 0 Å². The second kappa shape index (κ2) is 5.35. The molecular weight excluding hydrogens is 196 g/mol. The predicted molar refractivity (Wildman–Crippen MR) is 58.6 cm³/mol. The molecule has 0 aliphatic heterocycles. The van der Waals surface area contributed by atoms with Crippen LogP contribution in [0.1, 0.15) is 20.3 Å². The Labute approximate surface area is 87.9 Å². The summed E-state index contributed by atoms with van der Waals surface area (Å²) in [5.41, 5.74) is 5.08. The zero-order valence-corrected chi connectivity index (χ0v) is 8.91. The van der Waals surface area contributed by atoms with Crippen LogP contribution in [-0.2, 0) is 4.74 Å². The molecule has 1 rings (SSSR count). The quantitative estimate of drug-likeness (QED) is 0.619. The van der Waals surface area contributed by atoms with E-state index >= 15 is 0 Å². The molecule has 4 N–H and O–H groups in total. The molecule has 1 heterocycles. The molecule has 1 aromatic rings. The van der Waals surface area contributed by atoms with Gasteiger partial charge in [0.15, 0.2) is 0 Å². The van der Waals surface area contributed by atoms with Gasteiger partial charge in [-0.05, 0) is 13.3 Å². The van der Waals surface area contributed by atoms with Gasteiger partial charge in [-0.2, -0.15) is 0 Å². The fourth-order valence-corrected chi connectivity index (χ4v) is 1.01. The molecule has 0 saturated carbocycles. The summed E-state index contributed by atoms with van der Waals surface area (Å²) in [4.78, 5) is 17.5. The van der Waals surface area contributed by atoms with Crippen molar-refractivity contribution in [2.75, 3.05) is 17.7 Å². The first kappa shape index (κ1) is 11.5. The van der Waals surface area contributed by atoms with E-state index in [1.807, 2.05) is 13.8 Å². The lowest BCUT2D eigenvalue weighted by molar-refractivity contribution is 0.0847. The van der Waals surface area contributed by atoms with Crippen LogP contribution < -0.4 is 16.6 Å². The van der Waals surface area contributed by atoms with Crippen molar-refractivity contribution in [2.45, 2.75) is 26.5 Å². The summed E-state index contributed by atoms with van der Waals surface area (Å²) in [6, 6.07) is 0. The van der Waals surface area contributed by atoms with E-state index in [0.29, 0.717) is 12.6 Å². The number of aromatic nitrogens is 2. The van der Waals surface area contributed by atoms with E-state index in [-0.39, 0.29) is 17.5 Å². The Bertz CT molecular complexity index is 363. The second-order valence-corrected chi connectivity index (χ2v) is 3.17. The van der Waals surface area contributed by atoms with Crippen molar-refractivity contribution < 1.29 is 4.74 Å². The van der Waals surface area contributed by atoms with Crippen molar-refractivity contribution >= 4 is 11.6 Å². The summed E-state index contributed by atoms with van der Waals surface area (Å²) >= 11 is 0. The van der Waals surface area contributed by atoms with Crippen LogP contribution in [0, 0.1) is 0 Å². The Balaban J connectivity index is 2.57. The Hall–Kier alpha value is -1.56. The minimum atomic E-state index is -0.352. The zero-order valence-electron chi connectivity index (χ0n) is 8.91. The minimum Gasteiger partial charge on any atom is -0.393 e. The first-order valence-electron chi connectivity index (χ1n) is 4.86. The molecule has 1 aromatic heterocycles. The van der Waals surface area contributed by atoms with Crippen molar-refractivity contribution in [1.82, 2.24) is 9.97 Å². The summed E-state index contributed by atoms with van der Waals surface area (Å²) in [6.45, 7) is 4.52. The van der Waals surface area contributed by atoms with Gasteiger partial charge in [0.05, 0.1) is 6.20 Å². The fraction of sp³-hybridized carbons (Fsp3) is 0.556. The number of nitrogens with one attached hydrogen (secondary N) is 2. The molecular formula is C9H16N4O2. The van der Waals surface area contributed by atoms with Crippen LogP contribution >= 0.6 is 0 Å². The van der Waals surface area contributed by atoms with Gasteiger partial charge in [-0.25, -0.2) is 4.98 Å². The summed E-state index contributed by atoms with van der Waals surface area (Å²) in [7, 11) is 0. The highest BCUT2D eigenvalue weighted by Crippen LogP contribution is 2.00. The van der Waals surface area contributed by atoms with Crippen LogP contribution in [0.25, 0.3) is 0 Å². The molecule has 6 heteroatoms. The average Bonchev–Trinajstić information content (AvgIpc) is 2.20. The van der Waals surface area contributed by atoms with Gasteiger partial charge in [-0.15, -0.1) is 0 Å². The number of ether oxygens (including phenoxy) is 1. The maximum Gasteiger partial charge on any atom is 0.275 e. The van der Waals surface area contributed by atoms with Crippen molar-refractivity contribution in [3.05, 3.63) is 16.6 Å². The molecule has 1 unspecified atom stereocenters. The SMILES string of the molecule is CCCOC(C)Nc1ncc(N)c(=O)[nH]1. The van der Waals surface area contributed by atoms with Crippen LogP contribution in [-0.4, -0.2) is 22.8 Å². The number of hydrogen-bond acceptors (Lipinski definition) is 5. The highest BCUT2D eigenvalue weighted by atomic mass is 16.5. The lowest BCUT2D eigenvalue weighted by Crippen LogP contribution is -2.23. The van der Waals surface area contributed by atoms with E-state index in [2.05, 4.69) is 15.3 Å². The van der Waals surface area contributed by atoms with Gasteiger partial charge in [0, 0.05) is 6.61 Å². The summed E-state index contributed by atoms with van der Waals surface area (Å²) in [5.74, 6) is 0.359. The van der Waals surface area contributed by atoms with Crippen LogP contribution in [0.2, 0.25) is 0 Å². The molecule has 6 nitrogen and oxygen atoms in total. The molecule has 0 bridgehead atoms. The first-order chi connectivity index (χ1) is 7.13. The maximum absolute atomic E-state index is 11.1. The van der Waals surface area contributed by atoms with Crippen molar-refractivity contribution in [3.63, 3.8) is 0 Å². The highest BCUT2D eigenvalue weighted by Gasteiger charge is 2.03. The smallest absolute Gasteiger partial charge is 0.275 e. The summed E-state index contributed by atoms with van der Waals surface area (Å²) in [5, 5.41) is 2.90. The van der Waals surface area contributed by atoms with E-state index in [1.54, 1.807) is 0 Å². The maximum atomic E-state index is 11.1. The molecule has 84 valence electrons. The second-order valence-electron chi connectivity index (χ2n) is 3.17. The lowest BCUT2D eigenvalue weighted by Gasteiger charge is -2.14. The standard InChI is InChI=1S/C9H16N4O2/c1-3-4-15-6(2)12-9-11-5-7(10)8(14)13-9/h5-6H,3-4,10H2,1-2H3,(H2,11,12,13,14). The van der Waals surface area contributed by atoms with E-state index < -0.39 is 0 Å². The zero-order chi connectivity index (χ0) is 11.3. The Morgan fingerprint density at radius 2 is 2.47 bits per heavy atom. The molecule has 0 saturated heterocycles. The van der Waals surface area contributed by atoms with Crippen LogP contribution in [0.15, 0.2) is 11.0 Å². The van der Waals surface area contributed by atoms with E-state index in [9.17, 15) is 4.79 Å². The van der Waals surface area contributed by atoms with Crippen LogP contribution in [0.5, 0.6) is 0 Å². The Morgan fingerprint density at radius 3 is 3.07 bits per heavy atom. The average molecular weight is 212 g/mol. The van der Waals surface area contributed by atoms with Gasteiger partial charge in [-0.3, -0.25) is 9.78 Å². The van der Waals surface area contributed by atoms with Crippen molar-refractivity contribution in [2.24, 2.45) is 0 Å². The highest BCUT2D eigenvalue weighted by molar-refractivity contribution is 5.36. The molecule has 0 fully saturated rings. The molecule has 1 atom stereocenters. The number of H-pyrrole nitrogens is 1. The number of nitrogen functional groups attached to an aromatic ring is 1. The molecule has 0 aliphatic rings. The molecule has 0 aliphatic carbocycles. The number of aromatic amines is 1. The number of rotatable bonds is 5. The van der Waals surface area contributed by atoms with E-state index in [0.717, 1.165) is 6.42 Å². The Kier molecular flexibility index (Phi) is 4.11. The minimum absolute atomic E-state index is 0.0997. The van der Waals surface area contributed by atoms with Crippen LogP contribution in [0.4, 0.5) is 11.6 Å². The van der Waals surface area contributed by atoms with Gasteiger partial charge < -0.3 is 15.8 Å². The third kappa shape index (κ3) is 3.59. The van der Waals surface area contributed by atoms with Crippen molar-refractivity contribution in [3.8, 4) is 0 Å². The molecule has 15 heavy (non-hydrogen) atoms. The topological polar surface area (TPSA) is 93.0 Å². The number of anilines is 2. The monoisotopic (exact) mass is 212 g/mol. The molecule has 0 radical (unpaired) electrons. The number of nitrogens with zero attached hydrogens (tertiary/aromatic N) is 1. The van der Waals surface area contributed by atoms with E-state index in [4.69, 9.17) is 10.5 Å². The molecule has 0 aromatic carbocycles.